The fraction of sp³-hybridized carbons (Fsp3) is 0.429. The van der Waals surface area contributed by atoms with Gasteiger partial charge in [0.2, 0.25) is 5.91 Å². The fourth-order valence-corrected chi connectivity index (χ4v) is 1.98. The van der Waals surface area contributed by atoms with Gasteiger partial charge < -0.3 is 10.4 Å². The summed E-state index contributed by atoms with van der Waals surface area (Å²) in [7, 11) is 0. The molecule has 0 saturated carbocycles. The fourth-order valence-electron chi connectivity index (χ4n) is 1.77. The van der Waals surface area contributed by atoms with Crippen molar-refractivity contribution in [1.29, 1.82) is 0 Å². The molecule has 1 atom stereocenters. The number of rotatable bonds is 6. The number of carbonyl (C=O) groups is 2. The van der Waals surface area contributed by atoms with Crippen molar-refractivity contribution in [3.05, 3.63) is 34.9 Å². The molecule has 0 bridgehead atoms. The Morgan fingerprint density at radius 2 is 2.05 bits per heavy atom. The van der Waals surface area contributed by atoms with Gasteiger partial charge in [0.05, 0.1) is 6.42 Å². The van der Waals surface area contributed by atoms with Crippen LogP contribution in [-0.2, 0) is 16.0 Å². The molecule has 0 spiro atoms. The number of benzene rings is 1. The second-order valence-corrected chi connectivity index (χ2v) is 5.33. The van der Waals surface area contributed by atoms with Gasteiger partial charge in [0, 0.05) is 5.02 Å². The zero-order valence-corrected chi connectivity index (χ0v) is 11.8. The average Bonchev–Trinajstić information content (AvgIpc) is 2.27. The zero-order valence-electron chi connectivity index (χ0n) is 11.0. The zero-order chi connectivity index (χ0) is 14.4. The van der Waals surface area contributed by atoms with Crippen LogP contribution in [0.15, 0.2) is 24.3 Å². The van der Waals surface area contributed by atoms with E-state index in [-0.39, 0.29) is 18.2 Å². The van der Waals surface area contributed by atoms with Gasteiger partial charge in [-0.25, -0.2) is 4.79 Å². The van der Waals surface area contributed by atoms with E-state index in [2.05, 4.69) is 5.32 Å². The monoisotopic (exact) mass is 283 g/mol. The predicted octanol–water partition coefficient (Wildman–Crippen LogP) is 2.50. The van der Waals surface area contributed by atoms with Gasteiger partial charge in [-0.05, 0) is 30.0 Å². The first-order chi connectivity index (χ1) is 8.88. The minimum atomic E-state index is -1.01. The third-order valence-corrected chi connectivity index (χ3v) is 2.83. The van der Waals surface area contributed by atoms with Crippen LogP contribution in [0.3, 0.4) is 0 Å². The summed E-state index contributed by atoms with van der Waals surface area (Å²) >= 11 is 5.83. The van der Waals surface area contributed by atoms with Gasteiger partial charge in [0.1, 0.15) is 6.04 Å². The summed E-state index contributed by atoms with van der Waals surface area (Å²) < 4.78 is 0. The Morgan fingerprint density at radius 1 is 1.37 bits per heavy atom. The minimum absolute atomic E-state index is 0.127. The van der Waals surface area contributed by atoms with Crippen LogP contribution in [0.2, 0.25) is 5.02 Å². The predicted molar refractivity (Wildman–Crippen MR) is 74.2 cm³/mol. The third kappa shape index (κ3) is 5.75. The molecule has 1 aromatic rings. The molecule has 19 heavy (non-hydrogen) atoms. The topological polar surface area (TPSA) is 66.4 Å². The molecule has 1 rings (SSSR count). The number of carbonyl (C=O) groups excluding carboxylic acids is 1. The summed E-state index contributed by atoms with van der Waals surface area (Å²) in [5.74, 6) is -1.11. The Balaban J connectivity index is 2.60. The Labute approximate surface area is 117 Å². The van der Waals surface area contributed by atoms with Crippen LogP contribution >= 0.6 is 11.6 Å². The van der Waals surface area contributed by atoms with E-state index >= 15 is 0 Å². The summed E-state index contributed by atoms with van der Waals surface area (Å²) in [4.78, 5) is 22.8. The van der Waals surface area contributed by atoms with Crippen LogP contribution in [0, 0.1) is 5.92 Å². The smallest absolute Gasteiger partial charge is 0.326 e. The highest BCUT2D eigenvalue weighted by Crippen LogP contribution is 2.11. The summed E-state index contributed by atoms with van der Waals surface area (Å²) in [5.41, 5.74) is 0.763. The number of aliphatic carboxylic acids is 1. The molecule has 0 unspecified atom stereocenters. The molecule has 0 aliphatic rings. The highest BCUT2D eigenvalue weighted by Gasteiger charge is 2.20. The number of carboxylic acid groups (broad SMARTS) is 1. The lowest BCUT2D eigenvalue weighted by Crippen LogP contribution is -2.42. The first kappa shape index (κ1) is 15.5. The highest BCUT2D eigenvalue weighted by atomic mass is 35.5. The van der Waals surface area contributed by atoms with Crippen molar-refractivity contribution in [2.45, 2.75) is 32.7 Å². The molecular weight excluding hydrogens is 266 g/mol. The van der Waals surface area contributed by atoms with Crippen molar-refractivity contribution >= 4 is 23.5 Å². The molecule has 0 heterocycles. The van der Waals surface area contributed by atoms with E-state index in [1.807, 2.05) is 13.8 Å². The normalized spacial score (nSPS) is 12.2. The maximum Gasteiger partial charge on any atom is 0.326 e. The van der Waals surface area contributed by atoms with Crippen LogP contribution in [0.4, 0.5) is 0 Å². The molecule has 2 N–H and O–H groups in total. The van der Waals surface area contributed by atoms with Crippen molar-refractivity contribution in [3.8, 4) is 0 Å². The molecule has 0 aliphatic carbocycles. The largest absolute Gasteiger partial charge is 0.480 e. The number of carboxylic acids is 1. The maximum atomic E-state index is 11.8. The van der Waals surface area contributed by atoms with Crippen LogP contribution in [0.5, 0.6) is 0 Å². The van der Waals surface area contributed by atoms with Crippen molar-refractivity contribution in [2.24, 2.45) is 5.92 Å². The van der Waals surface area contributed by atoms with Crippen LogP contribution in [0.1, 0.15) is 25.8 Å². The molecular formula is C14H18ClNO3. The van der Waals surface area contributed by atoms with E-state index in [1.54, 1.807) is 24.3 Å². The first-order valence-corrected chi connectivity index (χ1v) is 6.53. The van der Waals surface area contributed by atoms with Gasteiger partial charge in [-0.2, -0.15) is 0 Å². The van der Waals surface area contributed by atoms with Gasteiger partial charge >= 0.3 is 5.97 Å². The van der Waals surface area contributed by atoms with Crippen molar-refractivity contribution < 1.29 is 14.7 Å². The highest BCUT2D eigenvalue weighted by molar-refractivity contribution is 6.30. The van der Waals surface area contributed by atoms with E-state index in [0.717, 1.165) is 5.56 Å². The molecule has 0 radical (unpaired) electrons. The van der Waals surface area contributed by atoms with Crippen molar-refractivity contribution in [1.82, 2.24) is 5.32 Å². The second-order valence-electron chi connectivity index (χ2n) is 4.89. The maximum absolute atomic E-state index is 11.8. The molecule has 0 fully saturated rings. The van der Waals surface area contributed by atoms with Crippen LogP contribution in [-0.4, -0.2) is 23.0 Å². The Morgan fingerprint density at radius 3 is 2.58 bits per heavy atom. The summed E-state index contributed by atoms with van der Waals surface area (Å²) in [6.07, 6.45) is 0.541. The number of halogens is 1. The van der Waals surface area contributed by atoms with E-state index in [1.165, 1.54) is 0 Å². The SMILES string of the molecule is CC(C)C[C@@H](NC(=O)Cc1cccc(Cl)c1)C(=O)O. The molecule has 0 aliphatic heterocycles. The summed E-state index contributed by atoms with van der Waals surface area (Å²) in [6, 6.07) is 6.12. The number of amides is 1. The quantitative estimate of drug-likeness (QED) is 0.843. The van der Waals surface area contributed by atoms with Gasteiger partial charge in [-0.15, -0.1) is 0 Å². The average molecular weight is 284 g/mol. The standard InChI is InChI=1S/C14H18ClNO3/c1-9(2)6-12(14(18)19)16-13(17)8-10-4-3-5-11(15)7-10/h3-5,7,9,12H,6,8H2,1-2H3,(H,16,17)(H,18,19)/t12-/m1/s1. The molecule has 104 valence electrons. The van der Waals surface area contributed by atoms with E-state index in [0.29, 0.717) is 11.4 Å². The summed E-state index contributed by atoms with van der Waals surface area (Å²) in [5, 5.41) is 12.1. The van der Waals surface area contributed by atoms with E-state index < -0.39 is 12.0 Å². The van der Waals surface area contributed by atoms with Gasteiger partial charge in [0.15, 0.2) is 0 Å². The van der Waals surface area contributed by atoms with Gasteiger partial charge in [0.25, 0.3) is 0 Å². The Kier molecular flexibility index (Phi) is 5.83. The first-order valence-electron chi connectivity index (χ1n) is 6.15. The Bertz CT molecular complexity index is 460. The number of hydrogen-bond acceptors (Lipinski definition) is 2. The minimum Gasteiger partial charge on any atom is -0.480 e. The van der Waals surface area contributed by atoms with Crippen LogP contribution in [0.25, 0.3) is 0 Å². The lowest BCUT2D eigenvalue weighted by molar-refractivity contribution is -0.142. The van der Waals surface area contributed by atoms with Crippen molar-refractivity contribution in [2.75, 3.05) is 0 Å². The third-order valence-electron chi connectivity index (χ3n) is 2.59. The molecule has 0 saturated heterocycles. The number of hydrogen-bond donors (Lipinski definition) is 2. The molecule has 4 nitrogen and oxygen atoms in total. The van der Waals surface area contributed by atoms with Crippen LogP contribution < -0.4 is 5.32 Å². The Hall–Kier alpha value is -1.55. The lowest BCUT2D eigenvalue weighted by Gasteiger charge is -2.16. The van der Waals surface area contributed by atoms with E-state index in [9.17, 15) is 9.59 Å². The van der Waals surface area contributed by atoms with Crippen molar-refractivity contribution in [3.63, 3.8) is 0 Å². The molecule has 1 aromatic carbocycles. The molecule has 0 aromatic heterocycles. The summed E-state index contributed by atoms with van der Waals surface area (Å²) in [6.45, 7) is 3.83. The van der Waals surface area contributed by atoms with E-state index in [4.69, 9.17) is 16.7 Å². The molecule has 1 amide bonds. The molecule has 5 heteroatoms. The van der Waals surface area contributed by atoms with Gasteiger partial charge in [-0.3, -0.25) is 4.79 Å². The second kappa shape index (κ2) is 7.14. The number of nitrogens with one attached hydrogen (secondary N) is 1. The van der Waals surface area contributed by atoms with Gasteiger partial charge in [-0.1, -0.05) is 37.6 Å². The lowest BCUT2D eigenvalue weighted by atomic mass is 10.0.